The van der Waals surface area contributed by atoms with E-state index in [1.54, 1.807) is 5.38 Å². The minimum Gasteiger partial charge on any atom is -0.296 e. The lowest BCUT2D eigenvalue weighted by molar-refractivity contribution is -0.142. The Morgan fingerprint density at radius 3 is 2.76 bits per heavy atom. The standard InChI is InChI=1S/C13H12F3N3OS/c14-13(15,16)12-9-3-1-2-4-10(9)19(18-12)5-11-17-8(6-20)7-21-11/h6-7H,1-5H2. The molecule has 0 bridgehead atoms. The van der Waals surface area contributed by atoms with Gasteiger partial charge in [0.2, 0.25) is 0 Å². The van der Waals surface area contributed by atoms with Crippen molar-refractivity contribution < 1.29 is 18.0 Å². The molecule has 0 N–H and O–H groups in total. The number of alkyl halides is 3. The molecule has 0 spiro atoms. The van der Waals surface area contributed by atoms with Gasteiger partial charge in [-0.3, -0.25) is 9.48 Å². The molecular weight excluding hydrogens is 303 g/mol. The molecule has 0 amide bonds. The molecule has 112 valence electrons. The normalized spacial score (nSPS) is 15.0. The molecule has 0 radical (unpaired) electrons. The Morgan fingerprint density at radius 1 is 1.33 bits per heavy atom. The van der Waals surface area contributed by atoms with Gasteiger partial charge < -0.3 is 0 Å². The van der Waals surface area contributed by atoms with Crippen LogP contribution in [0.25, 0.3) is 0 Å². The van der Waals surface area contributed by atoms with E-state index in [0.717, 1.165) is 12.8 Å². The van der Waals surface area contributed by atoms with Crippen molar-refractivity contribution in [2.45, 2.75) is 38.4 Å². The van der Waals surface area contributed by atoms with Crippen molar-refractivity contribution in [3.63, 3.8) is 0 Å². The molecule has 2 heterocycles. The van der Waals surface area contributed by atoms with Crippen LogP contribution < -0.4 is 0 Å². The highest BCUT2D eigenvalue weighted by Crippen LogP contribution is 2.36. The Balaban J connectivity index is 1.98. The van der Waals surface area contributed by atoms with E-state index in [2.05, 4.69) is 10.1 Å². The molecular formula is C13H12F3N3OS. The van der Waals surface area contributed by atoms with Crippen molar-refractivity contribution in [3.8, 4) is 0 Å². The van der Waals surface area contributed by atoms with E-state index >= 15 is 0 Å². The Bertz CT molecular complexity index is 675. The third-order valence-electron chi connectivity index (χ3n) is 3.50. The number of hydrogen-bond acceptors (Lipinski definition) is 4. The molecule has 4 nitrogen and oxygen atoms in total. The number of hydrogen-bond donors (Lipinski definition) is 0. The zero-order valence-corrected chi connectivity index (χ0v) is 11.8. The quantitative estimate of drug-likeness (QED) is 0.818. The maximum Gasteiger partial charge on any atom is 0.435 e. The molecule has 0 unspecified atom stereocenters. The van der Waals surface area contributed by atoms with Crippen LogP contribution in [0.4, 0.5) is 13.2 Å². The molecule has 2 aromatic heterocycles. The predicted molar refractivity (Wildman–Crippen MR) is 70.5 cm³/mol. The van der Waals surface area contributed by atoms with Gasteiger partial charge in [-0.2, -0.15) is 18.3 Å². The summed E-state index contributed by atoms with van der Waals surface area (Å²) >= 11 is 1.25. The Labute approximate surface area is 122 Å². The molecule has 0 aromatic carbocycles. The van der Waals surface area contributed by atoms with Crippen molar-refractivity contribution in [3.05, 3.63) is 33.0 Å². The smallest absolute Gasteiger partial charge is 0.296 e. The minimum atomic E-state index is -4.43. The van der Waals surface area contributed by atoms with Crippen molar-refractivity contribution >= 4 is 17.6 Å². The first-order chi connectivity index (χ1) is 9.99. The topological polar surface area (TPSA) is 47.8 Å². The number of aromatic nitrogens is 3. The van der Waals surface area contributed by atoms with Crippen molar-refractivity contribution in [2.24, 2.45) is 0 Å². The molecule has 0 saturated carbocycles. The predicted octanol–water partition coefficient (Wildman–Crippen LogP) is 3.10. The summed E-state index contributed by atoms with van der Waals surface area (Å²) in [6.45, 7) is 0.177. The lowest BCUT2D eigenvalue weighted by atomic mass is 9.95. The van der Waals surface area contributed by atoms with Gasteiger partial charge in [0, 0.05) is 16.6 Å². The molecule has 21 heavy (non-hydrogen) atoms. The molecule has 8 heteroatoms. The number of halogens is 3. The first-order valence-corrected chi connectivity index (χ1v) is 7.42. The van der Waals surface area contributed by atoms with Gasteiger partial charge in [0.25, 0.3) is 0 Å². The summed E-state index contributed by atoms with van der Waals surface area (Å²) in [5.74, 6) is 0. The van der Waals surface area contributed by atoms with E-state index in [1.807, 2.05) is 0 Å². The van der Waals surface area contributed by atoms with E-state index in [1.165, 1.54) is 16.0 Å². The van der Waals surface area contributed by atoms with Crippen LogP contribution in [0.5, 0.6) is 0 Å². The SMILES string of the molecule is O=Cc1csc(Cn2nc(C(F)(F)F)c3c2CCCC3)n1. The van der Waals surface area contributed by atoms with Crippen LogP contribution in [0.2, 0.25) is 0 Å². The fraction of sp³-hybridized carbons (Fsp3) is 0.462. The van der Waals surface area contributed by atoms with Gasteiger partial charge in [0.15, 0.2) is 12.0 Å². The second kappa shape index (κ2) is 5.25. The van der Waals surface area contributed by atoms with Crippen molar-refractivity contribution in [1.29, 1.82) is 0 Å². The third-order valence-corrected chi connectivity index (χ3v) is 4.35. The van der Waals surface area contributed by atoms with Crippen LogP contribution in [-0.4, -0.2) is 21.1 Å². The maximum absolute atomic E-state index is 13.1. The van der Waals surface area contributed by atoms with E-state index in [9.17, 15) is 18.0 Å². The molecule has 0 fully saturated rings. The van der Waals surface area contributed by atoms with Gasteiger partial charge in [-0.1, -0.05) is 0 Å². The molecule has 0 aliphatic heterocycles. The molecule has 0 atom stereocenters. The third kappa shape index (κ3) is 2.72. The number of carbonyl (C=O) groups excluding carboxylic acids is 1. The monoisotopic (exact) mass is 315 g/mol. The number of nitrogens with zero attached hydrogens (tertiary/aromatic N) is 3. The van der Waals surface area contributed by atoms with Crippen LogP contribution >= 0.6 is 11.3 Å². The fourth-order valence-corrected chi connectivity index (χ4v) is 3.33. The van der Waals surface area contributed by atoms with E-state index in [-0.39, 0.29) is 6.54 Å². The second-order valence-electron chi connectivity index (χ2n) is 4.92. The highest BCUT2D eigenvalue weighted by Gasteiger charge is 2.39. The summed E-state index contributed by atoms with van der Waals surface area (Å²) in [7, 11) is 0. The highest BCUT2D eigenvalue weighted by molar-refractivity contribution is 7.09. The van der Waals surface area contributed by atoms with Gasteiger partial charge in [0.1, 0.15) is 10.7 Å². The average molecular weight is 315 g/mol. The zero-order valence-electron chi connectivity index (χ0n) is 11.0. The number of fused-ring (bicyclic) bond motifs is 1. The van der Waals surface area contributed by atoms with Crippen molar-refractivity contribution in [2.75, 3.05) is 0 Å². The van der Waals surface area contributed by atoms with Gasteiger partial charge in [-0.15, -0.1) is 11.3 Å². The Kier molecular flexibility index (Phi) is 3.56. The summed E-state index contributed by atoms with van der Waals surface area (Å²) in [6, 6.07) is 0. The van der Waals surface area contributed by atoms with Crippen LogP contribution in [0.3, 0.4) is 0 Å². The number of aldehydes is 1. The van der Waals surface area contributed by atoms with E-state index in [0.29, 0.717) is 41.1 Å². The molecule has 0 saturated heterocycles. The first kappa shape index (κ1) is 14.2. The van der Waals surface area contributed by atoms with E-state index < -0.39 is 11.9 Å². The van der Waals surface area contributed by atoms with E-state index in [4.69, 9.17) is 0 Å². The highest BCUT2D eigenvalue weighted by atomic mass is 32.1. The van der Waals surface area contributed by atoms with Gasteiger partial charge in [-0.05, 0) is 25.7 Å². The molecule has 2 aromatic rings. The molecule has 3 rings (SSSR count). The summed E-state index contributed by atoms with van der Waals surface area (Å²) < 4.78 is 40.5. The number of rotatable bonds is 3. The summed E-state index contributed by atoms with van der Waals surface area (Å²) in [4.78, 5) is 14.7. The van der Waals surface area contributed by atoms with Crippen LogP contribution in [0, 0.1) is 0 Å². The van der Waals surface area contributed by atoms with Crippen LogP contribution in [0.15, 0.2) is 5.38 Å². The first-order valence-electron chi connectivity index (χ1n) is 6.54. The second-order valence-corrected chi connectivity index (χ2v) is 5.86. The summed E-state index contributed by atoms with van der Waals surface area (Å²) in [6.07, 6.45) is -1.16. The Hall–Kier alpha value is -1.70. The average Bonchev–Trinajstić information content (AvgIpc) is 3.04. The lowest BCUT2D eigenvalue weighted by Gasteiger charge is -2.14. The number of thiazole rings is 1. The van der Waals surface area contributed by atoms with Gasteiger partial charge >= 0.3 is 6.18 Å². The number of carbonyl (C=O) groups is 1. The van der Waals surface area contributed by atoms with Gasteiger partial charge in [-0.25, -0.2) is 4.98 Å². The van der Waals surface area contributed by atoms with Gasteiger partial charge in [0.05, 0.1) is 6.54 Å². The molecule has 1 aliphatic carbocycles. The van der Waals surface area contributed by atoms with Crippen molar-refractivity contribution in [1.82, 2.24) is 14.8 Å². The van der Waals surface area contributed by atoms with Crippen LogP contribution in [0.1, 0.15) is 45.3 Å². The Morgan fingerprint density at radius 2 is 2.10 bits per heavy atom. The summed E-state index contributed by atoms with van der Waals surface area (Å²) in [5.41, 5.74) is 0.494. The minimum absolute atomic E-state index is 0.177. The summed E-state index contributed by atoms with van der Waals surface area (Å²) in [5, 5.41) is 5.93. The lowest BCUT2D eigenvalue weighted by Crippen LogP contribution is -2.11. The molecule has 1 aliphatic rings. The fourth-order valence-electron chi connectivity index (χ4n) is 2.61. The zero-order chi connectivity index (χ0) is 15.0. The maximum atomic E-state index is 13.1. The van der Waals surface area contributed by atoms with Crippen LogP contribution in [-0.2, 0) is 25.6 Å². The largest absolute Gasteiger partial charge is 0.435 e.